The molecule has 0 aromatic heterocycles. The molecule has 1 aliphatic rings. The number of anilines is 1. The van der Waals surface area contributed by atoms with Crippen molar-refractivity contribution in [3.05, 3.63) is 59.7 Å². The number of hydrogen-bond donors (Lipinski definition) is 2. The van der Waals surface area contributed by atoms with E-state index in [1.807, 2.05) is 12.1 Å². The van der Waals surface area contributed by atoms with Crippen molar-refractivity contribution in [3.8, 4) is 0 Å². The second-order valence-corrected chi connectivity index (χ2v) is 11.3. The largest absolute Gasteiger partial charge is 0.356 e. The summed E-state index contributed by atoms with van der Waals surface area (Å²) in [5.41, 5.74) is 1.81. The molecule has 1 aliphatic heterocycles. The normalized spacial score (nSPS) is 16.2. The van der Waals surface area contributed by atoms with Gasteiger partial charge in [0.25, 0.3) is 15.9 Å². The molecule has 3 rings (SSSR count). The maximum Gasteiger partial charge on any atom is 0.261 e. The van der Waals surface area contributed by atoms with Gasteiger partial charge in [-0.15, -0.1) is 0 Å². The Labute approximate surface area is 209 Å². The molecule has 35 heavy (non-hydrogen) atoms. The van der Waals surface area contributed by atoms with Gasteiger partial charge in [0.1, 0.15) is 0 Å². The molecule has 1 heterocycles. The first-order valence-corrected chi connectivity index (χ1v) is 14.0. The summed E-state index contributed by atoms with van der Waals surface area (Å²) in [6, 6.07) is 13.4. The summed E-state index contributed by atoms with van der Waals surface area (Å²) in [5.74, 6) is 0.0892. The number of carbonyl (C=O) groups excluding carboxylic acids is 2. The van der Waals surface area contributed by atoms with Crippen LogP contribution < -0.4 is 10.0 Å². The predicted octanol–water partition coefficient (Wildman–Crippen LogP) is 4.45. The van der Waals surface area contributed by atoms with E-state index in [9.17, 15) is 18.0 Å². The Bertz CT molecular complexity index is 1110. The minimum Gasteiger partial charge on any atom is -0.356 e. The van der Waals surface area contributed by atoms with Crippen LogP contribution in [0.15, 0.2) is 53.4 Å². The van der Waals surface area contributed by atoms with Gasteiger partial charge in [-0.1, -0.05) is 45.4 Å². The lowest BCUT2D eigenvalue weighted by atomic mass is 9.96. The van der Waals surface area contributed by atoms with E-state index in [4.69, 9.17) is 0 Å². The SMILES string of the molecule is CCCc1ccc(S(=O)(=O)Nc2cccc(C(=O)N3CCC[C@@H](C(=O)NCCC(C)C)C3)c2)cc1. The van der Waals surface area contributed by atoms with Crippen molar-refractivity contribution in [2.45, 2.75) is 57.8 Å². The van der Waals surface area contributed by atoms with Crippen LogP contribution in [0.5, 0.6) is 0 Å². The molecule has 0 bridgehead atoms. The van der Waals surface area contributed by atoms with Gasteiger partial charge in [0.05, 0.1) is 10.8 Å². The van der Waals surface area contributed by atoms with Crippen LogP contribution in [0.25, 0.3) is 0 Å². The van der Waals surface area contributed by atoms with Gasteiger partial charge in [0.2, 0.25) is 5.91 Å². The molecule has 2 aromatic carbocycles. The third-order valence-corrected chi connectivity index (χ3v) is 7.63. The Kier molecular flexibility index (Phi) is 9.32. The highest BCUT2D eigenvalue weighted by molar-refractivity contribution is 7.92. The standard InChI is InChI=1S/C27H37N3O4S/c1-4-7-21-11-13-25(14-12-21)35(33,34)29-24-10-5-8-22(18-24)27(32)30-17-6-9-23(19-30)26(31)28-16-15-20(2)3/h5,8,10-14,18,20,23,29H,4,6-7,9,15-17,19H2,1-3H3,(H,28,31)/t23-/m1/s1. The number of sulfonamides is 1. The van der Waals surface area contributed by atoms with E-state index in [1.165, 1.54) is 0 Å². The molecule has 2 N–H and O–H groups in total. The van der Waals surface area contributed by atoms with Crippen LogP contribution in [0.1, 0.15) is 62.4 Å². The summed E-state index contributed by atoms with van der Waals surface area (Å²) < 4.78 is 28.3. The fourth-order valence-corrected chi connectivity index (χ4v) is 5.29. The van der Waals surface area contributed by atoms with Crippen molar-refractivity contribution in [1.82, 2.24) is 10.2 Å². The lowest BCUT2D eigenvalue weighted by Crippen LogP contribution is -2.45. The van der Waals surface area contributed by atoms with Gasteiger partial charge in [-0.25, -0.2) is 8.42 Å². The smallest absolute Gasteiger partial charge is 0.261 e. The first-order valence-electron chi connectivity index (χ1n) is 12.5. The van der Waals surface area contributed by atoms with Crippen molar-refractivity contribution in [3.63, 3.8) is 0 Å². The average molecular weight is 500 g/mol. The molecule has 1 atom stereocenters. The zero-order valence-corrected chi connectivity index (χ0v) is 21.7. The van der Waals surface area contributed by atoms with E-state index < -0.39 is 10.0 Å². The summed E-state index contributed by atoms with van der Waals surface area (Å²) in [5, 5.41) is 2.99. The Morgan fingerprint density at radius 1 is 1.11 bits per heavy atom. The highest BCUT2D eigenvalue weighted by Gasteiger charge is 2.29. The van der Waals surface area contributed by atoms with E-state index in [2.05, 4.69) is 30.8 Å². The topological polar surface area (TPSA) is 95.6 Å². The Hall–Kier alpha value is -2.87. The van der Waals surface area contributed by atoms with Crippen LogP contribution in [-0.4, -0.2) is 44.8 Å². The Morgan fingerprint density at radius 3 is 2.54 bits per heavy atom. The third-order valence-electron chi connectivity index (χ3n) is 6.23. The van der Waals surface area contributed by atoms with Crippen molar-refractivity contribution in [2.75, 3.05) is 24.4 Å². The zero-order chi connectivity index (χ0) is 25.4. The zero-order valence-electron chi connectivity index (χ0n) is 20.9. The molecule has 0 aliphatic carbocycles. The lowest BCUT2D eigenvalue weighted by molar-refractivity contribution is -0.126. The van der Waals surface area contributed by atoms with Crippen molar-refractivity contribution in [2.24, 2.45) is 11.8 Å². The number of nitrogens with one attached hydrogen (secondary N) is 2. The molecule has 0 radical (unpaired) electrons. The quantitative estimate of drug-likeness (QED) is 0.505. The van der Waals surface area contributed by atoms with Gasteiger partial charge >= 0.3 is 0 Å². The molecule has 0 saturated carbocycles. The minimum atomic E-state index is -3.78. The second kappa shape index (κ2) is 12.2. The molecule has 1 fully saturated rings. The van der Waals surface area contributed by atoms with E-state index in [0.717, 1.165) is 37.7 Å². The monoisotopic (exact) mass is 499 g/mol. The maximum atomic E-state index is 13.2. The van der Waals surface area contributed by atoms with Gasteiger partial charge in [-0.05, 0) is 67.5 Å². The van der Waals surface area contributed by atoms with Gasteiger partial charge < -0.3 is 10.2 Å². The van der Waals surface area contributed by atoms with Crippen LogP contribution >= 0.6 is 0 Å². The van der Waals surface area contributed by atoms with E-state index >= 15 is 0 Å². The van der Waals surface area contributed by atoms with Crippen LogP contribution in [0.3, 0.4) is 0 Å². The number of hydrogen-bond acceptors (Lipinski definition) is 4. The van der Waals surface area contributed by atoms with Gasteiger partial charge in [-0.3, -0.25) is 14.3 Å². The molecule has 2 amide bonds. The molecular weight excluding hydrogens is 462 g/mol. The third kappa shape index (κ3) is 7.56. The first-order chi connectivity index (χ1) is 16.7. The average Bonchev–Trinajstić information content (AvgIpc) is 2.84. The van der Waals surface area contributed by atoms with Crippen molar-refractivity contribution in [1.29, 1.82) is 0 Å². The van der Waals surface area contributed by atoms with Crippen molar-refractivity contribution < 1.29 is 18.0 Å². The molecule has 2 aromatic rings. The molecule has 7 nitrogen and oxygen atoms in total. The minimum absolute atomic E-state index is 0.00499. The number of likely N-dealkylation sites (tertiary alicyclic amines) is 1. The highest BCUT2D eigenvalue weighted by atomic mass is 32.2. The van der Waals surface area contributed by atoms with Gasteiger partial charge in [0.15, 0.2) is 0 Å². The number of carbonyl (C=O) groups is 2. The summed E-state index contributed by atoms with van der Waals surface area (Å²) in [6.45, 7) is 7.90. The van der Waals surface area contributed by atoms with Crippen LogP contribution in [-0.2, 0) is 21.2 Å². The molecule has 190 valence electrons. The van der Waals surface area contributed by atoms with E-state index in [1.54, 1.807) is 41.3 Å². The summed E-state index contributed by atoms with van der Waals surface area (Å²) >= 11 is 0. The number of benzene rings is 2. The Morgan fingerprint density at radius 2 is 1.86 bits per heavy atom. The Balaban J connectivity index is 1.65. The molecule has 1 saturated heterocycles. The lowest BCUT2D eigenvalue weighted by Gasteiger charge is -2.32. The number of nitrogens with zero attached hydrogens (tertiary/aromatic N) is 1. The van der Waals surface area contributed by atoms with E-state index in [-0.39, 0.29) is 22.6 Å². The predicted molar refractivity (Wildman–Crippen MR) is 139 cm³/mol. The summed E-state index contributed by atoms with van der Waals surface area (Å²) in [6.07, 6.45) is 4.33. The second-order valence-electron chi connectivity index (χ2n) is 9.64. The molecule has 0 unspecified atom stereocenters. The maximum absolute atomic E-state index is 13.2. The summed E-state index contributed by atoms with van der Waals surface area (Å²) in [4.78, 5) is 27.6. The van der Waals surface area contributed by atoms with E-state index in [0.29, 0.717) is 36.8 Å². The summed E-state index contributed by atoms with van der Waals surface area (Å²) in [7, 11) is -3.78. The van der Waals surface area contributed by atoms with Gasteiger partial charge in [0, 0.05) is 30.9 Å². The number of rotatable bonds is 10. The first kappa shape index (κ1) is 26.7. The number of amides is 2. The van der Waals surface area contributed by atoms with Crippen molar-refractivity contribution >= 4 is 27.5 Å². The highest BCUT2D eigenvalue weighted by Crippen LogP contribution is 2.22. The van der Waals surface area contributed by atoms with Crippen LogP contribution in [0.2, 0.25) is 0 Å². The van der Waals surface area contributed by atoms with Gasteiger partial charge in [-0.2, -0.15) is 0 Å². The van der Waals surface area contributed by atoms with Crippen LogP contribution in [0.4, 0.5) is 5.69 Å². The molecule has 0 spiro atoms. The molecule has 8 heteroatoms. The fraction of sp³-hybridized carbons (Fsp3) is 0.481. The fourth-order valence-electron chi connectivity index (χ4n) is 4.24. The number of aryl methyl sites for hydroxylation is 1. The number of piperidine rings is 1. The van der Waals surface area contributed by atoms with Crippen LogP contribution in [0, 0.1) is 11.8 Å². The molecular formula is C27H37N3O4S.